The maximum Gasteiger partial charge on any atom is 0.269 e. The highest BCUT2D eigenvalue weighted by molar-refractivity contribution is 14.1. The van der Waals surface area contributed by atoms with Crippen molar-refractivity contribution in [2.24, 2.45) is 0 Å². The molecule has 214 valence electrons. The van der Waals surface area contributed by atoms with Crippen molar-refractivity contribution in [3.8, 4) is 27.5 Å². The SMILES string of the molecule is Cc1ncsc1-c1nc(C2CCOCC2)c(C#N)c(=O)[nH]1.Cc1ncsc1-c1nc(C2CCOCC2)c(I)c(=O)[nH]1. The van der Waals surface area contributed by atoms with Crippen LogP contribution in [0.5, 0.6) is 0 Å². The Balaban J connectivity index is 0.000000165. The molecule has 2 aliphatic heterocycles. The van der Waals surface area contributed by atoms with Crippen LogP contribution in [0.4, 0.5) is 0 Å². The van der Waals surface area contributed by atoms with Crippen LogP contribution in [0.2, 0.25) is 0 Å². The smallest absolute Gasteiger partial charge is 0.269 e. The molecule has 0 radical (unpaired) electrons. The number of nitriles is 1. The van der Waals surface area contributed by atoms with E-state index in [1.54, 1.807) is 11.0 Å². The minimum atomic E-state index is -0.378. The summed E-state index contributed by atoms with van der Waals surface area (Å²) in [6.45, 7) is 6.56. The highest BCUT2D eigenvalue weighted by atomic mass is 127. The molecular weight excluding hydrogens is 677 g/mol. The molecule has 0 atom stereocenters. The van der Waals surface area contributed by atoms with E-state index >= 15 is 0 Å². The Kier molecular flexibility index (Phi) is 9.71. The first-order chi connectivity index (χ1) is 19.9. The Bertz CT molecular complexity index is 1680. The third kappa shape index (κ3) is 6.64. The molecule has 14 heteroatoms. The van der Waals surface area contributed by atoms with Crippen molar-refractivity contribution in [1.29, 1.82) is 5.26 Å². The number of aryl methyl sites for hydroxylation is 2. The second-order valence-electron chi connectivity index (χ2n) is 9.71. The van der Waals surface area contributed by atoms with Gasteiger partial charge in [0.05, 0.1) is 43.6 Å². The van der Waals surface area contributed by atoms with Gasteiger partial charge in [-0.3, -0.25) is 9.59 Å². The van der Waals surface area contributed by atoms with E-state index in [-0.39, 0.29) is 22.6 Å². The maximum absolute atomic E-state index is 12.2. The van der Waals surface area contributed by atoms with Crippen LogP contribution in [-0.4, -0.2) is 56.3 Å². The van der Waals surface area contributed by atoms with Gasteiger partial charge in [0, 0.05) is 38.3 Å². The molecule has 0 spiro atoms. The summed E-state index contributed by atoms with van der Waals surface area (Å²) >= 11 is 5.02. The summed E-state index contributed by atoms with van der Waals surface area (Å²) in [6, 6.07) is 1.99. The van der Waals surface area contributed by atoms with Crippen molar-refractivity contribution >= 4 is 45.3 Å². The average Bonchev–Trinajstić information content (AvgIpc) is 3.63. The fraction of sp³-hybridized carbons (Fsp3) is 0.444. The molecule has 0 aromatic carbocycles. The predicted molar refractivity (Wildman–Crippen MR) is 164 cm³/mol. The molecule has 2 N–H and O–H groups in total. The number of ether oxygens (including phenoxy) is 2. The summed E-state index contributed by atoms with van der Waals surface area (Å²) in [5, 5.41) is 9.25. The van der Waals surface area contributed by atoms with E-state index in [2.05, 4.69) is 47.5 Å². The molecule has 0 amide bonds. The van der Waals surface area contributed by atoms with Crippen LogP contribution in [0.1, 0.15) is 65.9 Å². The lowest BCUT2D eigenvalue weighted by molar-refractivity contribution is 0.0842. The fourth-order valence-corrected chi connectivity index (χ4v) is 7.05. The Labute approximate surface area is 257 Å². The summed E-state index contributed by atoms with van der Waals surface area (Å²) in [5.41, 5.74) is 6.39. The van der Waals surface area contributed by atoms with Crippen molar-refractivity contribution in [1.82, 2.24) is 29.9 Å². The Hall–Kier alpha value is -2.84. The average molecular weight is 706 g/mol. The van der Waals surface area contributed by atoms with E-state index < -0.39 is 0 Å². The molecule has 6 heterocycles. The molecule has 0 saturated carbocycles. The first-order valence-corrected chi connectivity index (χ1v) is 16.0. The van der Waals surface area contributed by atoms with Gasteiger partial charge >= 0.3 is 0 Å². The number of hydrogen-bond donors (Lipinski definition) is 2. The summed E-state index contributed by atoms with van der Waals surface area (Å²) < 4.78 is 11.4. The maximum atomic E-state index is 12.2. The second kappa shape index (κ2) is 13.4. The van der Waals surface area contributed by atoms with E-state index in [1.165, 1.54) is 22.7 Å². The van der Waals surface area contributed by atoms with Crippen LogP contribution < -0.4 is 11.1 Å². The van der Waals surface area contributed by atoms with Gasteiger partial charge in [-0.15, -0.1) is 22.7 Å². The molecule has 11 nitrogen and oxygen atoms in total. The van der Waals surface area contributed by atoms with Gasteiger partial charge in [0.2, 0.25) is 0 Å². The summed E-state index contributed by atoms with van der Waals surface area (Å²) in [4.78, 5) is 49.4. The van der Waals surface area contributed by atoms with Gasteiger partial charge in [0.15, 0.2) is 11.6 Å². The molecular formula is C27H28IN7O4S2. The number of hydrogen-bond acceptors (Lipinski definition) is 11. The van der Waals surface area contributed by atoms with Gasteiger partial charge in [0.1, 0.15) is 15.2 Å². The van der Waals surface area contributed by atoms with Crippen molar-refractivity contribution in [3.05, 3.63) is 63.6 Å². The molecule has 0 unspecified atom stereocenters. The monoisotopic (exact) mass is 705 g/mol. The largest absolute Gasteiger partial charge is 0.381 e. The zero-order chi connectivity index (χ0) is 28.9. The van der Waals surface area contributed by atoms with E-state index in [0.29, 0.717) is 40.0 Å². The quantitative estimate of drug-likeness (QED) is 0.288. The standard InChI is InChI=1S/C14H14N4O2S.C13H14IN3O2S/c1-8-12(21-7-16-8)13-17-11(9-2-4-20-5-3-9)10(6-15)14(19)18-13;1-7-11(20-6-15-7)12-16-10(9(14)13(18)17-12)8-2-4-19-5-3-8/h7,9H,2-5H2,1H3,(H,17,18,19);6,8H,2-5H2,1H3,(H,16,17,18). The minimum absolute atomic E-state index is 0.0649. The van der Waals surface area contributed by atoms with Crippen molar-refractivity contribution in [2.75, 3.05) is 26.4 Å². The molecule has 6 rings (SSSR count). The van der Waals surface area contributed by atoms with E-state index in [1.807, 2.05) is 19.9 Å². The number of aromatic nitrogens is 6. The lowest BCUT2D eigenvalue weighted by Gasteiger charge is -2.22. The highest BCUT2D eigenvalue weighted by Crippen LogP contribution is 2.31. The van der Waals surface area contributed by atoms with Crippen molar-refractivity contribution in [3.63, 3.8) is 0 Å². The number of nitrogens with one attached hydrogen (secondary N) is 2. The lowest BCUT2D eigenvalue weighted by atomic mass is 9.93. The van der Waals surface area contributed by atoms with Crippen LogP contribution in [0.25, 0.3) is 21.4 Å². The zero-order valence-corrected chi connectivity index (χ0v) is 26.3. The lowest BCUT2D eigenvalue weighted by Crippen LogP contribution is -2.22. The van der Waals surface area contributed by atoms with E-state index in [9.17, 15) is 14.9 Å². The number of halogens is 1. The van der Waals surface area contributed by atoms with E-state index in [0.717, 1.165) is 65.7 Å². The third-order valence-corrected chi connectivity index (χ3v) is 10.00. The van der Waals surface area contributed by atoms with Gasteiger partial charge in [-0.2, -0.15) is 5.26 Å². The summed E-state index contributed by atoms with van der Waals surface area (Å²) in [7, 11) is 0. The molecule has 4 aromatic rings. The van der Waals surface area contributed by atoms with Crippen LogP contribution >= 0.6 is 45.3 Å². The van der Waals surface area contributed by atoms with Gasteiger partial charge in [-0.25, -0.2) is 19.9 Å². The number of nitrogens with zero attached hydrogens (tertiary/aromatic N) is 5. The summed E-state index contributed by atoms with van der Waals surface area (Å²) in [5.74, 6) is 1.55. The minimum Gasteiger partial charge on any atom is -0.381 e. The van der Waals surface area contributed by atoms with Crippen LogP contribution in [0, 0.1) is 28.7 Å². The van der Waals surface area contributed by atoms with Gasteiger partial charge < -0.3 is 19.4 Å². The fourth-order valence-electron chi connectivity index (χ4n) is 4.86. The first kappa shape index (κ1) is 29.6. The summed E-state index contributed by atoms with van der Waals surface area (Å²) in [6.07, 6.45) is 3.42. The number of H-pyrrole nitrogens is 2. The first-order valence-electron chi connectivity index (χ1n) is 13.2. The molecule has 41 heavy (non-hydrogen) atoms. The number of thiazole rings is 2. The van der Waals surface area contributed by atoms with Crippen molar-refractivity contribution < 1.29 is 9.47 Å². The van der Waals surface area contributed by atoms with Crippen LogP contribution in [-0.2, 0) is 9.47 Å². The van der Waals surface area contributed by atoms with Gasteiger partial charge in [-0.1, -0.05) is 0 Å². The molecule has 0 bridgehead atoms. The van der Waals surface area contributed by atoms with E-state index in [4.69, 9.17) is 14.5 Å². The van der Waals surface area contributed by atoms with Crippen LogP contribution in [0.3, 0.4) is 0 Å². The second-order valence-corrected chi connectivity index (χ2v) is 12.5. The Morgan fingerprint density at radius 2 is 1.29 bits per heavy atom. The normalized spacial score (nSPS) is 16.1. The van der Waals surface area contributed by atoms with Gasteiger partial charge in [0.25, 0.3) is 11.1 Å². The molecule has 0 aliphatic carbocycles. The topological polar surface area (TPSA) is 160 Å². The van der Waals surface area contributed by atoms with Gasteiger partial charge in [-0.05, 0) is 62.1 Å². The Morgan fingerprint density at radius 1 is 0.829 bits per heavy atom. The molecule has 2 saturated heterocycles. The highest BCUT2D eigenvalue weighted by Gasteiger charge is 2.25. The zero-order valence-electron chi connectivity index (χ0n) is 22.5. The molecule has 4 aromatic heterocycles. The molecule has 2 aliphatic rings. The third-order valence-electron chi connectivity index (χ3n) is 7.08. The number of aromatic amines is 2. The molecule has 2 fully saturated rings. The van der Waals surface area contributed by atoms with Crippen molar-refractivity contribution in [2.45, 2.75) is 51.4 Å². The number of rotatable bonds is 4. The predicted octanol–water partition coefficient (Wildman–Crippen LogP) is 4.67. The van der Waals surface area contributed by atoms with Crippen LogP contribution in [0.15, 0.2) is 20.6 Å². The Morgan fingerprint density at radius 3 is 1.76 bits per heavy atom.